The highest BCUT2D eigenvalue weighted by molar-refractivity contribution is 7.92. The Morgan fingerprint density at radius 1 is 1.25 bits per heavy atom. The maximum atomic E-state index is 12.4. The minimum absolute atomic E-state index is 0.00394. The molecule has 0 radical (unpaired) electrons. The summed E-state index contributed by atoms with van der Waals surface area (Å²) in [6.07, 6.45) is 0. The number of esters is 1. The van der Waals surface area contributed by atoms with Crippen LogP contribution in [0.3, 0.4) is 0 Å². The molecule has 24 heavy (non-hydrogen) atoms. The van der Waals surface area contributed by atoms with Gasteiger partial charge in [-0.05, 0) is 31.2 Å². The van der Waals surface area contributed by atoms with Crippen LogP contribution in [0.5, 0.6) is 0 Å². The molecular weight excluding hydrogens is 332 g/mol. The molecule has 0 spiro atoms. The lowest BCUT2D eigenvalue weighted by Gasteiger charge is -2.12. The molecule has 2 aromatic rings. The number of anilines is 1. The SMILES string of the molecule is CCOC(=O)c1ccc(S(=O)(=O)Nc2cc(C(C)(C)C)no2)cc1. The Labute approximate surface area is 141 Å². The second-order valence-electron chi connectivity index (χ2n) is 6.18. The molecule has 1 heterocycles. The summed E-state index contributed by atoms with van der Waals surface area (Å²) in [7, 11) is -3.84. The van der Waals surface area contributed by atoms with Crippen molar-refractivity contribution in [1.29, 1.82) is 0 Å². The zero-order valence-corrected chi connectivity index (χ0v) is 14.8. The van der Waals surface area contributed by atoms with Gasteiger partial charge in [0.1, 0.15) is 0 Å². The second kappa shape index (κ2) is 6.64. The Kier molecular flexibility index (Phi) is 4.98. The van der Waals surface area contributed by atoms with Gasteiger partial charge in [0.2, 0.25) is 5.88 Å². The van der Waals surface area contributed by atoms with Crippen molar-refractivity contribution in [3.8, 4) is 0 Å². The normalized spacial score (nSPS) is 12.0. The van der Waals surface area contributed by atoms with Crippen molar-refractivity contribution in [3.63, 3.8) is 0 Å². The lowest BCUT2D eigenvalue weighted by atomic mass is 9.92. The quantitative estimate of drug-likeness (QED) is 0.831. The average molecular weight is 352 g/mol. The zero-order chi connectivity index (χ0) is 18.0. The summed E-state index contributed by atoms with van der Waals surface area (Å²) in [5.74, 6) is -0.464. The Hall–Kier alpha value is -2.35. The fraction of sp³-hybridized carbons (Fsp3) is 0.375. The number of nitrogens with one attached hydrogen (secondary N) is 1. The highest BCUT2D eigenvalue weighted by atomic mass is 32.2. The minimum atomic E-state index is -3.84. The van der Waals surface area contributed by atoms with E-state index in [1.807, 2.05) is 20.8 Å². The molecule has 1 aromatic heterocycles. The van der Waals surface area contributed by atoms with Gasteiger partial charge in [-0.1, -0.05) is 25.9 Å². The van der Waals surface area contributed by atoms with Crippen LogP contribution in [0.1, 0.15) is 43.7 Å². The summed E-state index contributed by atoms with van der Waals surface area (Å²) in [5.41, 5.74) is 0.664. The largest absolute Gasteiger partial charge is 0.462 e. The standard InChI is InChI=1S/C16H20N2O5S/c1-5-22-15(19)11-6-8-12(9-7-11)24(20,21)18-14-10-13(17-23-14)16(2,3)4/h6-10,18H,5H2,1-4H3. The first-order valence-corrected chi connectivity index (χ1v) is 8.89. The molecule has 0 aliphatic rings. The molecule has 1 N–H and O–H groups in total. The van der Waals surface area contributed by atoms with Gasteiger partial charge in [-0.3, -0.25) is 0 Å². The van der Waals surface area contributed by atoms with Crippen molar-refractivity contribution in [2.45, 2.75) is 38.0 Å². The summed E-state index contributed by atoms with van der Waals surface area (Å²) in [6.45, 7) is 7.78. The number of carbonyl (C=O) groups is 1. The van der Waals surface area contributed by atoms with E-state index in [1.54, 1.807) is 13.0 Å². The lowest BCUT2D eigenvalue weighted by molar-refractivity contribution is 0.0526. The second-order valence-corrected chi connectivity index (χ2v) is 7.86. The number of hydrogen-bond donors (Lipinski definition) is 1. The topological polar surface area (TPSA) is 98.5 Å². The smallest absolute Gasteiger partial charge is 0.338 e. The molecule has 0 aliphatic carbocycles. The maximum absolute atomic E-state index is 12.4. The van der Waals surface area contributed by atoms with E-state index in [9.17, 15) is 13.2 Å². The molecule has 0 atom stereocenters. The first-order chi connectivity index (χ1) is 11.1. The fourth-order valence-electron chi connectivity index (χ4n) is 1.85. The van der Waals surface area contributed by atoms with Crippen molar-refractivity contribution in [3.05, 3.63) is 41.6 Å². The number of hydrogen-bond acceptors (Lipinski definition) is 6. The van der Waals surface area contributed by atoms with Crippen LogP contribution in [0.25, 0.3) is 0 Å². The molecule has 0 unspecified atom stereocenters. The predicted octanol–water partition coefficient (Wildman–Crippen LogP) is 2.95. The minimum Gasteiger partial charge on any atom is -0.462 e. The number of nitrogens with zero attached hydrogens (tertiary/aromatic N) is 1. The number of rotatable bonds is 5. The Bertz CT molecular complexity index is 817. The molecule has 0 aliphatic heterocycles. The maximum Gasteiger partial charge on any atom is 0.338 e. The molecule has 0 saturated heterocycles. The van der Waals surface area contributed by atoms with Crippen molar-refractivity contribution < 1.29 is 22.5 Å². The van der Waals surface area contributed by atoms with E-state index in [4.69, 9.17) is 9.26 Å². The van der Waals surface area contributed by atoms with E-state index in [-0.39, 0.29) is 28.4 Å². The van der Waals surface area contributed by atoms with Gasteiger partial charge in [0.25, 0.3) is 10.0 Å². The number of ether oxygens (including phenoxy) is 1. The zero-order valence-electron chi connectivity index (χ0n) is 14.0. The van der Waals surface area contributed by atoms with E-state index in [0.717, 1.165) is 0 Å². The van der Waals surface area contributed by atoms with Crippen LogP contribution in [-0.2, 0) is 20.2 Å². The highest BCUT2D eigenvalue weighted by Gasteiger charge is 2.22. The third-order valence-corrected chi connectivity index (χ3v) is 4.55. The van der Waals surface area contributed by atoms with E-state index in [0.29, 0.717) is 5.69 Å². The van der Waals surface area contributed by atoms with Crippen LogP contribution < -0.4 is 4.72 Å². The number of sulfonamides is 1. The van der Waals surface area contributed by atoms with E-state index < -0.39 is 16.0 Å². The van der Waals surface area contributed by atoms with Crippen LogP contribution in [0.15, 0.2) is 39.8 Å². The third-order valence-electron chi connectivity index (χ3n) is 3.19. The van der Waals surface area contributed by atoms with Crippen molar-refractivity contribution in [1.82, 2.24) is 5.16 Å². The lowest BCUT2D eigenvalue weighted by Crippen LogP contribution is -2.13. The van der Waals surface area contributed by atoms with Gasteiger partial charge >= 0.3 is 5.97 Å². The molecule has 2 rings (SSSR count). The van der Waals surface area contributed by atoms with Crippen molar-refractivity contribution in [2.24, 2.45) is 0 Å². The summed E-state index contributed by atoms with van der Waals surface area (Å²) in [5, 5.41) is 3.86. The molecule has 130 valence electrons. The van der Waals surface area contributed by atoms with Crippen LogP contribution in [0.4, 0.5) is 5.88 Å². The molecule has 7 nitrogen and oxygen atoms in total. The van der Waals surface area contributed by atoms with Crippen LogP contribution in [0.2, 0.25) is 0 Å². The van der Waals surface area contributed by atoms with Gasteiger partial charge in [0.05, 0.1) is 22.8 Å². The van der Waals surface area contributed by atoms with Crippen molar-refractivity contribution >= 4 is 21.9 Å². The molecule has 0 fully saturated rings. The fourth-order valence-corrected chi connectivity index (χ4v) is 2.83. The van der Waals surface area contributed by atoms with E-state index in [1.165, 1.54) is 24.3 Å². The monoisotopic (exact) mass is 352 g/mol. The molecule has 1 aromatic carbocycles. The van der Waals surface area contributed by atoms with Gasteiger partial charge in [-0.15, -0.1) is 0 Å². The summed E-state index contributed by atoms with van der Waals surface area (Å²) >= 11 is 0. The van der Waals surface area contributed by atoms with Crippen LogP contribution in [-0.4, -0.2) is 26.2 Å². The van der Waals surface area contributed by atoms with Crippen molar-refractivity contribution in [2.75, 3.05) is 11.3 Å². The Morgan fingerprint density at radius 2 is 1.88 bits per heavy atom. The van der Waals surface area contributed by atoms with Gasteiger partial charge in [-0.25, -0.2) is 17.9 Å². The molecule has 8 heteroatoms. The average Bonchev–Trinajstić information content (AvgIpc) is 2.95. The molecule has 0 saturated carbocycles. The van der Waals surface area contributed by atoms with E-state index in [2.05, 4.69) is 9.88 Å². The predicted molar refractivity (Wildman–Crippen MR) is 88.4 cm³/mol. The summed E-state index contributed by atoms with van der Waals surface area (Å²) in [4.78, 5) is 11.6. The van der Waals surface area contributed by atoms with E-state index >= 15 is 0 Å². The van der Waals surface area contributed by atoms with Crippen LogP contribution >= 0.6 is 0 Å². The summed E-state index contributed by atoms with van der Waals surface area (Å²) in [6, 6.07) is 7.00. The molecular formula is C16H20N2O5S. The first kappa shape index (κ1) is 18.0. The highest BCUT2D eigenvalue weighted by Crippen LogP contribution is 2.25. The Morgan fingerprint density at radius 3 is 2.38 bits per heavy atom. The van der Waals surface area contributed by atoms with Gasteiger partial charge < -0.3 is 9.26 Å². The third kappa shape index (κ3) is 4.14. The van der Waals surface area contributed by atoms with Gasteiger partial charge in [0, 0.05) is 11.5 Å². The van der Waals surface area contributed by atoms with Gasteiger partial charge in [0.15, 0.2) is 0 Å². The molecule has 0 bridgehead atoms. The number of carbonyl (C=O) groups excluding carboxylic acids is 1. The molecule has 0 amide bonds. The Balaban J connectivity index is 2.18. The van der Waals surface area contributed by atoms with Gasteiger partial charge in [-0.2, -0.15) is 0 Å². The number of benzene rings is 1. The van der Waals surface area contributed by atoms with Crippen LogP contribution in [0, 0.1) is 0 Å². The summed E-state index contributed by atoms with van der Waals surface area (Å²) < 4.78 is 36.9. The first-order valence-electron chi connectivity index (χ1n) is 7.40. The number of aromatic nitrogens is 1.